The third-order valence-corrected chi connectivity index (χ3v) is 8.23. The summed E-state index contributed by atoms with van der Waals surface area (Å²) in [6, 6.07) is 16.7. The molecule has 12 heteroatoms. The number of nitrogens with zero attached hydrogens (tertiary/aromatic N) is 2. The van der Waals surface area contributed by atoms with Gasteiger partial charge in [-0.05, 0) is 75.2 Å². The van der Waals surface area contributed by atoms with Gasteiger partial charge in [0.1, 0.15) is 18.3 Å². The minimum Gasteiger partial charge on any atom is -0.497 e. The van der Waals surface area contributed by atoms with Gasteiger partial charge in [-0.2, -0.15) is 13.2 Å². The van der Waals surface area contributed by atoms with Crippen LogP contribution in [-0.4, -0.2) is 50.4 Å². The van der Waals surface area contributed by atoms with Crippen LogP contribution in [0.1, 0.15) is 45.2 Å². The van der Waals surface area contributed by atoms with Crippen molar-refractivity contribution in [3.8, 4) is 5.75 Å². The predicted molar refractivity (Wildman–Crippen MR) is 158 cm³/mol. The second kappa shape index (κ2) is 13.5. The maximum absolute atomic E-state index is 14.1. The second-order valence-corrected chi connectivity index (χ2v) is 12.8. The molecule has 0 heterocycles. The first-order chi connectivity index (χ1) is 20.1. The number of carbonyl (C=O) groups excluding carboxylic acids is 2. The molecule has 2 amide bonds. The van der Waals surface area contributed by atoms with E-state index < -0.39 is 51.7 Å². The summed E-state index contributed by atoms with van der Waals surface area (Å²) >= 11 is 0. The van der Waals surface area contributed by atoms with Gasteiger partial charge in [0.05, 0.1) is 23.3 Å². The molecule has 1 atom stereocenters. The summed E-state index contributed by atoms with van der Waals surface area (Å²) in [5.41, 5.74) is -1.45. The molecule has 0 aliphatic rings. The van der Waals surface area contributed by atoms with Crippen molar-refractivity contribution in [2.45, 2.75) is 63.3 Å². The summed E-state index contributed by atoms with van der Waals surface area (Å²) in [4.78, 5) is 28.5. The molecule has 3 aromatic carbocycles. The zero-order valence-corrected chi connectivity index (χ0v) is 25.5. The molecule has 43 heavy (non-hydrogen) atoms. The number of hydrogen-bond acceptors (Lipinski definition) is 5. The first kappa shape index (κ1) is 33.4. The van der Waals surface area contributed by atoms with Gasteiger partial charge in [0.15, 0.2) is 0 Å². The maximum Gasteiger partial charge on any atom is 0.416 e. The van der Waals surface area contributed by atoms with Crippen LogP contribution in [0.25, 0.3) is 0 Å². The van der Waals surface area contributed by atoms with Crippen molar-refractivity contribution in [1.82, 2.24) is 10.2 Å². The minimum atomic E-state index is -4.75. The highest BCUT2D eigenvalue weighted by atomic mass is 32.2. The van der Waals surface area contributed by atoms with Crippen LogP contribution in [0.5, 0.6) is 5.75 Å². The number of ether oxygens (including phenoxy) is 1. The first-order valence-corrected chi connectivity index (χ1v) is 15.0. The van der Waals surface area contributed by atoms with Crippen molar-refractivity contribution in [3.63, 3.8) is 0 Å². The number of nitrogens with one attached hydrogen (secondary N) is 1. The molecule has 0 saturated heterocycles. The van der Waals surface area contributed by atoms with Crippen molar-refractivity contribution < 1.29 is 35.9 Å². The molecule has 0 aliphatic heterocycles. The summed E-state index contributed by atoms with van der Waals surface area (Å²) in [6.45, 7) is 6.12. The molecule has 0 aromatic heterocycles. The van der Waals surface area contributed by atoms with Gasteiger partial charge in [-0.1, -0.05) is 43.3 Å². The lowest BCUT2D eigenvalue weighted by Gasteiger charge is -2.35. The Hall–Kier alpha value is -4.06. The van der Waals surface area contributed by atoms with Crippen molar-refractivity contribution in [2.75, 3.05) is 18.0 Å². The van der Waals surface area contributed by atoms with E-state index in [-0.39, 0.29) is 23.5 Å². The minimum absolute atomic E-state index is 0.0894. The SMILES string of the molecule is CC[C@H](C(=O)NC(C)(C)C)N(Cc1cccc(OC)c1)C(=O)CN(c1cccc(C(F)(F)F)c1)S(=O)(=O)c1ccccc1. The van der Waals surface area contributed by atoms with Crippen LogP contribution in [0, 0.1) is 0 Å². The Kier molecular flexibility index (Phi) is 10.5. The molecule has 0 spiro atoms. The zero-order chi connectivity index (χ0) is 32.0. The lowest BCUT2D eigenvalue weighted by atomic mass is 10.1. The molecule has 232 valence electrons. The maximum atomic E-state index is 14.1. The molecule has 8 nitrogen and oxygen atoms in total. The molecule has 0 bridgehead atoms. The number of alkyl halides is 3. The topological polar surface area (TPSA) is 96.0 Å². The van der Waals surface area contributed by atoms with E-state index in [9.17, 15) is 31.2 Å². The number of amides is 2. The summed E-state index contributed by atoms with van der Waals surface area (Å²) in [7, 11) is -3.03. The summed E-state index contributed by atoms with van der Waals surface area (Å²) in [5.74, 6) is -0.729. The standard InChI is InChI=1S/C31H36F3N3O5S/c1-6-27(29(39)35-30(2,3)4)36(20-22-12-10-15-25(18-22)42-5)28(38)21-37(43(40,41)26-16-8-7-9-17-26)24-14-11-13-23(19-24)31(32,33)34/h7-19,27H,6,20-21H2,1-5H3,(H,35,39)/t27-/m1/s1. The van der Waals surface area contributed by atoms with Gasteiger partial charge in [-0.3, -0.25) is 13.9 Å². The molecule has 1 N–H and O–H groups in total. The molecule has 3 rings (SSSR count). The van der Waals surface area contributed by atoms with E-state index in [0.29, 0.717) is 21.7 Å². The van der Waals surface area contributed by atoms with E-state index in [0.717, 1.165) is 12.1 Å². The highest BCUT2D eigenvalue weighted by Gasteiger charge is 2.36. The van der Waals surface area contributed by atoms with Crippen LogP contribution in [0.4, 0.5) is 18.9 Å². The molecule has 0 saturated carbocycles. The van der Waals surface area contributed by atoms with E-state index in [4.69, 9.17) is 4.74 Å². The molecule has 0 aliphatic carbocycles. The molecule has 3 aromatic rings. The average molecular weight is 620 g/mol. The number of benzene rings is 3. The summed E-state index contributed by atoms with van der Waals surface area (Å²) in [6.07, 6.45) is -4.56. The largest absolute Gasteiger partial charge is 0.497 e. The van der Waals surface area contributed by atoms with Gasteiger partial charge in [-0.15, -0.1) is 0 Å². The summed E-state index contributed by atoms with van der Waals surface area (Å²) in [5, 5.41) is 2.86. The number of rotatable bonds is 11. The van der Waals surface area contributed by atoms with Crippen LogP contribution >= 0.6 is 0 Å². The average Bonchev–Trinajstić information content (AvgIpc) is 2.94. The Bertz CT molecular complexity index is 1520. The van der Waals surface area contributed by atoms with Crippen LogP contribution in [0.3, 0.4) is 0 Å². The normalized spacial score (nSPS) is 12.7. The van der Waals surface area contributed by atoms with Crippen molar-refractivity contribution in [3.05, 3.63) is 90.0 Å². The van der Waals surface area contributed by atoms with Crippen molar-refractivity contribution >= 4 is 27.5 Å². The molecular formula is C31H36F3N3O5S. The van der Waals surface area contributed by atoms with E-state index in [2.05, 4.69) is 5.32 Å². The Morgan fingerprint density at radius 3 is 2.16 bits per heavy atom. The third-order valence-electron chi connectivity index (χ3n) is 6.44. The van der Waals surface area contributed by atoms with Crippen LogP contribution in [0.2, 0.25) is 0 Å². The summed E-state index contributed by atoms with van der Waals surface area (Å²) < 4.78 is 74.5. The predicted octanol–water partition coefficient (Wildman–Crippen LogP) is 5.63. The second-order valence-electron chi connectivity index (χ2n) is 10.9. The number of methoxy groups -OCH3 is 1. The number of anilines is 1. The Morgan fingerprint density at radius 1 is 0.930 bits per heavy atom. The number of sulfonamides is 1. The van der Waals surface area contributed by atoms with Crippen LogP contribution in [-0.2, 0) is 32.3 Å². The van der Waals surface area contributed by atoms with E-state index in [1.54, 1.807) is 58.0 Å². The Morgan fingerprint density at radius 2 is 1.58 bits per heavy atom. The quantitative estimate of drug-likeness (QED) is 0.300. The fourth-order valence-corrected chi connectivity index (χ4v) is 5.85. The lowest BCUT2D eigenvalue weighted by Crippen LogP contribution is -2.55. The van der Waals surface area contributed by atoms with Crippen LogP contribution in [0.15, 0.2) is 83.8 Å². The Labute approximate surface area is 250 Å². The molecular weight excluding hydrogens is 583 g/mol. The van der Waals surface area contributed by atoms with Gasteiger partial charge in [0, 0.05) is 12.1 Å². The van der Waals surface area contributed by atoms with Gasteiger partial charge in [0.2, 0.25) is 11.8 Å². The lowest BCUT2D eigenvalue weighted by molar-refractivity contribution is -0.141. The highest BCUT2D eigenvalue weighted by molar-refractivity contribution is 7.92. The van der Waals surface area contributed by atoms with Gasteiger partial charge in [-0.25, -0.2) is 8.42 Å². The van der Waals surface area contributed by atoms with Gasteiger partial charge < -0.3 is 15.0 Å². The fourth-order valence-electron chi connectivity index (χ4n) is 4.43. The molecule has 0 radical (unpaired) electrons. The smallest absolute Gasteiger partial charge is 0.416 e. The van der Waals surface area contributed by atoms with Crippen LogP contribution < -0.4 is 14.4 Å². The monoisotopic (exact) mass is 619 g/mol. The fraction of sp³-hybridized carbons (Fsp3) is 0.355. The number of halogens is 3. The highest BCUT2D eigenvalue weighted by Crippen LogP contribution is 2.33. The third kappa shape index (κ3) is 8.73. The van der Waals surface area contributed by atoms with Gasteiger partial charge in [0.25, 0.3) is 10.0 Å². The molecule has 0 unspecified atom stereocenters. The molecule has 0 fully saturated rings. The van der Waals surface area contributed by atoms with Crippen molar-refractivity contribution in [1.29, 1.82) is 0 Å². The van der Waals surface area contributed by atoms with E-state index in [1.807, 2.05) is 0 Å². The zero-order valence-electron chi connectivity index (χ0n) is 24.7. The number of hydrogen-bond donors (Lipinski definition) is 1. The van der Waals surface area contributed by atoms with Gasteiger partial charge >= 0.3 is 6.18 Å². The van der Waals surface area contributed by atoms with E-state index in [1.165, 1.54) is 42.3 Å². The first-order valence-electron chi connectivity index (χ1n) is 13.6. The Balaban J connectivity index is 2.13. The number of carbonyl (C=O) groups is 2. The van der Waals surface area contributed by atoms with Crippen molar-refractivity contribution in [2.24, 2.45) is 0 Å². The van der Waals surface area contributed by atoms with E-state index >= 15 is 0 Å².